The quantitative estimate of drug-likeness (QED) is 0.0968. The van der Waals surface area contributed by atoms with E-state index in [0.717, 1.165) is 10.5 Å². The molecule has 1 aliphatic heterocycles. The Labute approximate surface area is 238 Å². The molecule has 0 bridgehead atoms. The third-order valence-electron chi connectivity index (χ3n) is 5.87. The van der Waals surface area contributed by atoms with E-state index in [4.69, 9.17) is 11.1 Å². The number of halogens is 3. The van der Waals surface area contributed by atoms with Crippen molar-refractivity contribution in [3.63, 3.8) is 0 Å². The Kier molecular flexibility index (Phi) is 10.0. The van der Waals surface area contributed by atoms with Crippen LogP contribution in [-0.2, 0) is 25.7 Å². The molecule has 41 heavy (non-hydrogen) atoms. The molecule has 2 amide bonds. The van der Waals surface area contributed by atoms with Gasteiger partial charge in [0.2, 0.25) is 5.91 Å². The van der Waals surface area contributed by atoms with Crippen molar-refractivity contribution in [1.29, 1.82) is 5.41 Å². The number of alkyl halides is 3. The van der Waals surface area contributed by atoms with Gasteiger partial charge in [-0.05, 0) is 30.7 Å². The van der Waals surface area contributed by atoms with Crippen molar-refractivity contribution in [3.8, 4) is 11.8 Å². The molecule has 0 radical (unpaired) electrons. The second-order valence-electron chi connectivity index (χ2n) is 9.02. The monoisotopic (exact) mass is 589 g/mol. The maximum atomic E-state index is 13.7. The highest BCUT2D eigenvalue weighted by atomic mass is 32.1. The van der Waals surface area contributed by atoms with Gasteiger partial charge in [0.1, 0.15) is 6.54 Å². The van der Waals surface area contributed by atoms with Crippen LogP contribution in [0.2, 0.25) is 0 Å². The minimum absolute atomic E-state index is 0.0720. The summed E-state index contributed by atoms with van der Waals surface area (Å²) < 4.78 is 41.4. The number of fused-ring (bicyclic) bond motifs is 1. The topological polar surface area (TPSA) is 146 Å². The van der Waals surface area contributed by atoms with Gasteiger partial charge in [0.15, 0.2) is 5.96 Å². The Morgan fingerprint density at radius 2 is 1.88 bits per heavy atom. The highest BCUT2D eigenvalue weighted by Gasteiger charge is 2.43. The van der Waals surface area contributed by atoms with Crippen LogP contribution in [0.1, 0.15) is 34.8 Å². The van der Waals surface area contributed by atoms with Crippen molar-refractivity contribution >= 4 is 48.0 Å². The maximum absolute atomic E-state index is 13.7. The SMILES string of the molecule is CC(CC(=O)OC(=O)C(F)(F)F)N1CC(=O)N(Cc2ccccc2)c2ccc(C#CC(S)CNC(=N)N)cc2C1=O. The van der Waals surface area contributed by atoms with E-state index in [2.05, 4.69) is 34.5 Å². The predicted octanol–water partition coefficient (Wildman–Crippen LogP) is 2.22. The predicted molar refractivity (Wildman–Crippen MR) is 146 cm³/mol. The maximum Gasteiger partial charge on any atom is 0.491 e. The summed E-state index contributed by atoms with van der Waals surface area (Å²) in [6.07, 6.45) is -6.13. The number of thiol groups is 1. The first-order valence-electron chi connectivity index (χ1n) is 12.1. The minimum Gasteiger partial charge on any atom is -0.386 e. The van der Waals surface area contributed by atoms with Crippen LogP contribution in [0.5, 0.6) is 0 Å². The molecule has 2 unspecified atom stereocenters. The normalized spacial score (nSPS) is 14.7. The summed E-state index contributed by atoms with van der Waals surface area (Å²) in [7, 11) is 0. The van der Waals surface area contributed by atoms with Gasteiger partial charge in [-0.2, -0.15) is 25.8 Å². The van der Waals surface area contributed by atoms with Crippen molar-refractivity contribution in [2.24, 2.45) is 5.73 Å². The van der Waals surface area contributed by atoms with Gasteiger partial charge in [-0.3, -0.25) is 19.8 Å². The summed E-state index contributed by atoms with van der Waals surface area (Å²) in [6.45, 7) is 1.17. The number of nitrogens with one attached hydrogen (secondary N) is 2. The number of hydrogen-bond donors (Lipinski definition) is 4. The molecule has 1 aliphatic rings. The first-order valence-corrected chi connectivity index (χ1v) is 12.7. The van der Waals surface area contributed by atoms with Crippen LogP contribution >= 0.6 is 12.6 Å². The van der Waals surface area contributed by atoms with Gasteiger partial charge < -0.3 is 25.6 Å². The lowest BCUT2D eigenvalue weighted by Crippen LogP contribution is -2.44. The molecule has 0 spiro atoms. The summed E-state index contributed by atoms with van der Waals surface area (Å²) in [4.78, 5) is 52.6. The molecule has 4 N–H and O–H groups in total. The summed E-state index contributed by atoms with van der Waals surface area (Å²) in [6, 6.07) is 12.5. The first-order chi connectivity index (χ1) is 19.3. The Bertz CT molecular complexity index is 1410. The van der Waals surface area contributed by atoms with Crippen molar-refractivity contribution in [1.82, 2.24) is 10.2 Å². The van der Waals surface area contributed by atoms with E-state index in [1.54, 1.807) is 36.4 Å². The second-order valence-corrected chi connectivity index (χ2v) is 9.65. The highest BCUT2D eigenvalue weighted by molar-refractivity contribution is 7.81. The molecule has 2 aromatic rings. The zero-order chi connectivity index (χ0) is 30.3. The van der Waals surface area contributed by atoms with E-state index >= 15 is 0 Å². The summed E-state index contributed by atoms with van der Waals surface area (Å²) in [5.74, 6) is 0.144. The molecule has 3 rings (SSSR count). The molecule has 0 saturated carbocycles. The van der Waals surface area contributed by atoms with Crippen LogP contribution in [0.15, 0.2) is 48.5 Å². The van der Waals surface area contributed by atoms with Crippen LogP contribution in [0, 0.1) is 17.3 Å². The molecule has 0 fully saturated rings. The van der Waals surface area contributed by atoms with Gasteiger partial charge in [-0.25, -0.2) is 4.79 Å². The molecule has 1 heterocycles. The number of guanidine groups is 1. The molecule has 14 heteroatoms. The average molecular weight is 590 g/mol. The molecule has 10 nitrogen and oxygen atoms in total. The molecular formula is C27H26F3N5O5S. The van der Waals surface area contributed by atoms with Crippen molar-refractivity contribution in [2.45, 2.75) is 37.4 Å². The highest BCUT2D eigenvalue weighted by Crippen LogP contribution is 2.30. The fraction of sp³-hybridized carbons (Fsp3) is 0.296. The molecule has 216 valence electrons. The fourth-order valence-electron chi connectivity index (χ4n) is 3.89. The van der Waals surface area contributed by atoms with Crippen LogP contribution in [0.4, 0.5) is 18.9 Å². The van der Waals surface area contributed by atoms with Crippen LogP contribution in [0.25, 0.3) is 0 Å². The van der Waals surface area contributed by atoms with Gasteiger partial charge in [0.05, 0.1) is 29.5 Å². The Hall–Kier alpha value is -4.51. The van der Waals surface area contributed by atoms with E-state index in [1.807, 2.05) is 6.07 Å². The number of esters is 2. The number of ether oxygens (including phenoxy) is 1. The molecule has 0 saturated heterocycles. The lowest BCUT2D eigenvalue weighted by Gasteiger charge is -2.27. The Balaban J connectivity index is 1.94. The number of nitrogens with zero attached hydrogens (tertiary/aromatic N) is 2. The largest absolute Gasteiger partial charge is 0.491 e. The second kappa shape index (κ2) is 13.2. The summed E-state index contributed by atoms with van der Waals surface area (Å²) >= 11 is 4.31. The minimum atomic E-state index is -5.37. The molecule has 2 atom stereocenters. The Morgan fingerprint density at radius 1 is 1.20 bits per heavy atom. The molecule has 0 aliphatic carbocycles. The number of hydrogen-bond acceptors (Lipinski definition) is 7. The first kappa shape index (κ1) is 31.0. The number of carbonyl (C=O) groups excluding carboxylic acids is 4. The summed E-state index contributed by atoms with van der Waals surface area (Å²) in [5, 5.41) is 9.30. The van der Waals surface area contributed by atoms with Crippen LogP contribution in [-0.4, -0.2) is 65.2 Å². The van der Waals surface area contributed by atoms with Gasteiger partial charge in [-0.15, -0.1) is 0 Å². The van der Waals surface area contributed by atoms with E-state index in [0.29, 0.717) is 5.56 Å². The number of carbonyl (C=O) groups is 4. The molecule has 0 aromatic heterocycles. The number of anilines is 1. The van der Waals surface area contributed by atoms with E-state index in [1.165, 1.54) is 17.9 Å². The van der Waals surface area contributed by atoms with Gasteiger partial charge in [-0.1, -0.05) is 42.2 Å². The van der Waals surface area contributed by atoms with Gasteiger partial charge >= 0.3 is 18.1 Å². The Morgan fingerprint density at radius 3 is 2.51 bits per heavy atom. The van der Waals surface area contributed by atoms with Gasteiger partial charge in [0.25, 0.3) is 5.91 Å². The van der Waals surface area contributed by atoms with E-state index in [9.17, 15) is 32.3 Å². The van der Waals surface area contributed by atoms with E-state index < -0.39 is 54.2 Å². The fourth-order valence-corrected chi connectivity index (χ4v) is 4.04. The lowest BCUT2D eigenvalue weighted by molar-refractivity contribution is -0.202. The standard InChI is InChI=1S/C27H26F3N5O5S/c1-16(11-23(37)40-25(39)27(28,29)30)34-15-22(36)35(14-18-5-3-2-4-6-18)21-10-8-17(12-20(21)24(34)38)7-9-19(41)13-33-26(31)32/h2-6,8,10,12,16,19,41H,11,13-15H2,1H3,(H4,31,32,33). The molecular weight excluding hydrogens is 563 g/mol. The van der Waals surface area contributed by atoms with Crippen molar-refractivity contribution < 1.29 is 37.1 Å². The average Bonchev–Trinajstić information content (AvgIpc) is 3.00. The smallest absolute Gasteiger partial charge is 0.386 e. The zero-order valence-corrected chi connectivity index (χ0v) is 22.6. The summed E-state index contributed by atoms with van der Waals surface area (Å²) in [5.41, 5.74) is 6.79. The number of nitrogens with two attached hydrogens (primary N) is 1. The lowest BCUT2D eigenvalue weighted by atomic mass is 10.0. The van der Waals surface area contributed by atoms with E-state index in [-0.39, 0.29) is 30.3 Å². The zero-order valence-electron chi connectivity index (χ0n) is 21.7. The van der Waals surface area contributed by atoms with Crippen LogP contribution in [0.3, 0.4) is 0 Å². The van der Waals surface area contributed by atoms with Gasteiger partial charge in [0, 0.05) is 18.2 Å². The van der Waals surface area contributed by atoms with Crippen molar-refractivity contribution in [2.75, 3.05) is 18.0 Å². The number of benzene rings is 2. The number of rotatable bonds is 7. The van der Waals surface area contributed by atoms with Crippen LogP contribution < -0.4 is 16.0 Å². The molecule has 2 aromatic carbocycles. The third kappa shape index (κ3) is 8.49. The number of amides is 2. The third-order valence-corrected chi connectivity index (χ3v) is 6.18. The van der Waals surface area contributed by atoms with Crippen molar-refractivity contribution in [3.05, 3.63) is 65.2 Å².